The Balaban J connectivity index is 1.93. The Morgan fingerprint density at radius 2 is 1.55 bits per heavy atom. The third-order valence-corrected chi connectivity index (χ3v) is 3.80. The Bertz CT molecular complexity index is 128. The molecule has 0 spiro atoms. The van der Waals surface area contributed by atoms with Crippen LogP contribution in [0.1, 0.15) is 51.9 Å². The molecule has 0 unspecified atom stereocenters. The molecule has 0 radical (unpaired) electrons. The van der Waals surface area contributed by atoms with E-state index in [1.807, 2.05) is 0 Å². The van der Waals surface area contributed by atoms with Crippen molar-refractivity contribution in [1.82, 2.24) is 0 Å². The number of rotatable bonds is 0. The van der Waals surface area contributed by atoms with Gasteiger partial charge in [-0.25, -0.2) is 0 Å². The Kier molecular flexibility index (Phi) is 2.20. The van der Waals surface area contributed by atoms with Gasteiger partial charge in [0.25, 0.3) is 0 Å². The van der Waals surface area contributed by atoms with Crippen LogP contribution < -0.4 is 0 Å². The maximum atomic E-state index is 2.44. The van der Waals surface area contributed by atoms with Gasteiger partial charge in [-0.15, -0.1) is 0 Å². The molecule has 0 aromatic carbocycles. The standard InChI is InChI=1S/C11H20/c1-9-6-7-10-4-2-3-5-11(10)8-9/h9-11H,2-8H2,1H3/t9-,10-,11-/m1/s1. The average Bonchev–Trinajstić information content (AvgIpc) is 2.04. The third-order valence-electron chi connectivity index (χ3n) is 3.80. The van der Waals surface area contributed by atoms with Crippen LogP contribution in [0.15, 0.2) is 0 Å². The van der Waals surface area contributed by atoms with Gasteiger partial charge in [0.05, 0.1) is 0 Å². The van der Waals surface area contributed by atoms with Gasteiger partial charge in [0, 0.05) is 0 Å². The lowest BCUT2D eigenvalue weighted by atomic mass is 9.68. The molecule has 2 rings (SSSR count). The lowest BCUT2D eigenvalue weighted by Crippen LogP contribution is -2.26. The fourth-order valence-electron chi connectivity index (χ4n) is 3.11. The van der Waals surface area contributed by atoms with Crippen molar-refractivity contribution in [2.45, 2.75) is 51.9 Å². The highest BCUT2D eigenvalue weighted by Crippen LogP contribution is 2.42. The summed E-state index contributed by atoms with van der Waals surface area (Å²) in [6.07, 6.45) is 10.8. The van der Waals surface area contributed by atoms with Crippen molar-refractivity contribution in [2.24, 2.45) is 17.8 Å². The van der Waals surface area contributed by atoms with E-state index in [2.05, 4.69) is 6.92 Å². The minimum Gasteiger partial charge on any atom is -0.0625 e. The van der Waals surface area contributed by atoms with E-state index in [1.54, 1.807) is 25.7 Å². The fourth-order valence-corrected chi connectivity index (χ4v) is 3.11. The maximum Gasteiger partial charge on any atom is -0.0383 e. The van der Waals surface area contributed by atoms with Crippen LogP contribution in [0.3, 0.4) is 0 Å². The number of hydrogen-bond donors (Lipinski definition) is 0. The van der Waals surface area contributed by atoms with Gasteiger partial charge >= 0.3 is 0 Å². The predicted octanol–water partition coefficient (Wildman–Crippen LogP) is 3.61. The topological polar surface area (TPSA) is 0 Å². The molecule has 0 saturated heterocycles. The molecular formula is C11H20. The smallest absolute Gasteiger partial charge is 0.0383 e. The molecule has 0 N–H and O–H groups in total. The van der Waals surface area contributed by atoms with Gasteiger partial charge in [-0.1, -0.05) is 39.0 Å². The molecule has 11 heavy (non-hydrogen) atoms. The summed E-state index contributed by atoms with van der Waals surface area (Å²) in [6.45, 7) is 2.44. The molecule has 64 valence electrons. The molecule has 3 atom stereocenters. The second-order valence-corrected chi connectivity index (χ2v) is 4.72. The van der Waals surface area contributed by atoms with Crippen molar-refractivity contribution in [2.75, 3.05) is 0 Å². The molecule has 2 aliphatic rings. The van der Waals surface area contributed by atoms with E-state index in [0.29, 0.717) is 0 Å². The first-order chi connectivity index (χ1) is 5.36. The molecule has 2 saturated carbocycles. The van der Waals surface area contributed by atoms with Crippen LogP contribution >= 0.6 is 0 Å². The summed E-state index contributed by atoms with van der Waals surface area (Å²) in [5.41, 5.74) is 0. The highest BCUT2D eigenvalue weighted by Gasteiger charge is 2.29. The van der Waals surface area contributed by atoms with E-state index < -0.39 is 0 Å². The van der Waals surface area contributed by atoms with Crippen molar-refractivity contribution in [3.63, 3.8) is 0 Å². The van der Waals surface area contributed by atoms with E-state index in [4.69, 9.17) is 0 Å². The molecule has 0 aromatic heterocycles. The summed E-state index contributed by atoms with van der Waals surface area (Å²) in [5.74, 6) is 3.31. The minimum atomic E-state index is 1.04. The third kappa shape index (κ3) is 1.60. The summed E-state index contributed by atoms with van der Waals surface area (Å²) in [7, 11) is 0. The molecule has 0 aliphatic heterocycles. The van der Waals surface area contributed by atoms with Crippen LogP contribution in [0, 0.1) is 17.8 Å². The molecular weight excluding hydrogens is 132 g/mol. The largest absolute Gasteiger partial charge is 0.0625 e. The van der Waals surface area contributed by atoms with Crippen LogP contribution in [-0.4, -0.2) is 0 Å². The van der Waals surface area contributed by atoms with Crippen molar-refractivity contribution < 1.29 is 0 Å². The first-order valence-electron chi connectivity index (χ1n) is 5.36. The van der Waals surface area contributed by atoms with E-state index >= 15 is 0 Å². The lowest BCUT2D eigenvalue weighted by Gasteiger charge is -2.38. The van der Waals surface area contributed by atoms with Crippen molar-refractivity contribution in [3.8, 4) is 0 Å². The Morgan fingerprint density at radius 3 is 2.36 bits per heavy atom. The molecule has 2 fully saturated rings. The Labute approximate surface area is 70.4 Å². The zero-order valence-electron chi connectivity index (χ0n) is 7.68. The van der Waals surface area contributed by atoms with Crippen LogP contribution in [0.5, 0.6) is 0 Å². The van der Waals surface area contributed by atoms with Crippen molar-refractivity contribution >= 4 is 0 Å². The van der Waals surface area contributed by atoms with Gasteiger partial charge in [-0.3, -0.25) is 0 Å². The molecule has 2 aliphatic carbocycles. The van der Waals surface area contributed by atoms with E-state index in [-0.39, 0.29) is 0 Å². The first-order valence-corrected chi connectivity index (χ1v) is 5.36. The quantitative estimate of drug-likeness (QED) is 0.497. The minimum absolute atomic E-state index is 1.04. The second-order valence-electron chi connectivity index (χ2n) is 4.72. The zero-order chi connectivity index (χ0) is 7.68. The predicted molar refractivity (Wildman–Crippen MR) is 48.5 cm³/mol. The highest BCUT2D eigenvalue weighted by molar-refractivity contribution is 4.81. The summed E-state index contributed by atoms with van der Waals surface area (Å²) in [5, 5.41) is 0. The SMILES string of the molecule is C[C@@H]1CC[C@H]2CCCC[C@@H]2C1. The van der Waals surface area contributed by atoms with Crippen molar-refractivity contribution in [3.05, 3.63) is 0 Å². The van der Waals surface area contributed by atoms with Gasteiger partial charge in [0.1, 0.15) is 0 Å². The maximum absolute atomic E-state index is 2.44. The molecule has 0 aromatic rings. The van der Waals surface area contributed by atoms with Gasteiger partial charge in [0.2, 0.25) is 0 Å². The van der Waals surface area contributed by atoms with Gasteiger partial charge < -0.3 is 0 Å². The Hall–Kier alpha value is 0. The summed E-state index contributed by atoms with van der Waals surface area (Å²) in [4.78, 5) is 0. The second kappa shape index (κ2) is 3.16. The Morgan fingerprint density at radius 1 is 0.818 bits per heavy atom. The lowest BCUT2D eigenvalue weighted by molar-refractivity contribution is 0.137. The molecule has 0 bridgehead atoms. The van der Waals surface area contributed by atoms with Gasteiger partial charge in [0.15, 0.2) is 0 Å². The van der Waals surface area contributed by atoms with Crippen LogP contribution in [0.2, 0.25) is 0 Å². The van der Waals surface area contributed by atoms with Crippen LogP contribution in [0.25, 0.3) is 0 Å². The average molecular weight is 152 g/mol. The van der Waals surface area contributed by atoms with Gasteiger partial charge in [-0.05, 0) is 30.6 Å². The monoisotopic (exact) mass is 152 g/mol. The normalized spacial score (nSPS) is 45.0. The highest BCUT2D eigenvalue weighted by atomic mass is 14.4. The van der Waals surface area contributed by atoms with Crippen LogP contribution in [-0.2, 0) is 0 Å². The van der Waals surface area contributed by atoms with E-state index in [9.17, 15) is 0 Å². The van der Waals surface area contributed by atoms with E-state index in [1.165, 1.54) is 19.3 Å². The van der Waals surface area contributed by atoms with Crippen molar-refractivity contribution in [1.29, 1.82) is 0 Å². The summed E-state index contributed by atoms with van der Waals surface area (Å²) >= 11 is 0. The summed E-state index contributed by atoms with van der Waals surface area (Å²) in [6, 6.07) is 0. The molecule has 0 heterocycles. The van der Waals surface area contributed by atoms with Crippen LogP contribution in [0.4, 0.5) is 0 Å². The molecule has 0 amide bonds. The number of fused-ring (bicyclic) bond motifs is 1. The summed E-state index contributed by atoms with van der Waals surface area (Å²) < 4.78 is 0. The fraction of sp³-hybridized carbons (Fsp3) is 1.00. The zero-order valence-corrected chi connectivity index (χ0v) is 7.68. The van der Waals surface area contributed by atoms with E-state index in [0.717, 1.165) is 17.8 Å². The number of hydrogen-bond acceptors (Lipinski definition) is 0. The van der Waals surface area contributed by atoms with Gasteiger partial charge in [-0.2, -0.15) is 0 Å². The molecule has 0 nitrogen and oxygen atoms in total. The first kappa shape index (κ1) is 7.64. The molecule has 0 heteroatoms.